The quantitative estimate of drug-likeness (QED) is 0.304. The molecule has 10 nitrogen and oxygen atoms in total. The second-order valence-corrected chi connectivity index (χ2v) is 9.69. The van der Waals surface area contributed by atoms with Gasteiger partial charge in [-0.2, -0.15) is 0 Å². The molecule has 3 heterocycles. The minimum atomic E-state index is -0.312. The fourth-order valence-corrected chi connectivity index (χ4v) is 4.86. The maximum absolute atomic E-state index is 13.4. The molecule has 0 radical (unpaired) electrons. The van der Waals surface area contributed by atoms with Gasteiger partial charge >= 0.3 is 0 Å². The molecular formula is C31H33N5O5. The Morgan fingerprint density at radius 3 is 2.41 bits per heavy atom. The van der Waals surface area contributed by atoms with E-state index in [4.69, 9.17) is 13.9 Å². The second kappa shape index (κ2) is 13.0. The molecule has 1 aliphatic rings. The smallest absolute Gasteiger partial charge is 0.290 e. The zero-order chi connectivity index (χ0) is 28.6. The van der Waals surface area contributed by atoms with E-state index in [0.29, 0.717) is 37.7 Å². The number of ether oxygens (including phenoxy) is 2. The molecule has 4 aromatic rings. The summed E-state index contributed by atoms with van der Waals surface area (Å²) in [4.78, 5) is 32.1. The second-order valence-electron chi connectivity index (χ2n) is 9.69. The van der Waals surface area contributed by atoms with Crippen molar-refractivity contribution >= 4 is 17.6 Å². The largest absolute Gasteiger partial charge is 0.493 e. The van der Waals surface area contributed by atoms with E-state index in [-0.39, 0.29) is 24.1 Å². The summed E-state index contributed by atoms with van der Waals surface area (Å²) in [6, 6.07) is 22.4. The summed E-state index contributed by atoms with van der Waals surface area (Å²) in [5, 5.41) is 8.91. The predicted octanol–water partition coefficient (Wildman–Crippen LogP) is 4.14. The van der Waals surface area contributed by atoms with Gasteiger partial charge in [0.15, 0.2) is 23.1 Å². The first kappa shape index (κ1) is 27.7. The van der Waals surface area contributed by atoms with Crippen molar-refractivity contribution in [2.45, 2.75) is 13.0 Å². The fourth-order valence-electron chi connectivity index (χ4n) is 4.86. The standard InChI is InChI=1S/C31H33N5O5/c1-39-26-13-11-24(20-28(26)40-2)25-12-14-29(33-32-25)34-15-7-16-35(18-17-34)30(37)22-36(21-23-8-4-3-5-9-23)31(38)27-10-6-19-41-27/h3-6,8-14,19-20H,7,15-18,21-22H2,1-2H3. The zero-order valence-corrected chi connectivity index (χ0v) is 23.2. The lowest BCUT2D eigenvalue weighted by Gasteiger charge is -2.27. The van der Waals surface area contributed by atoms with Crippen LogP contribution in [0.1, 0.15) is 22.5 Å². The maximum Gasteiger partial charge on any atom is 0.290 e. The average Bonchev–Trinajstić information content (AvgIpc) is 3.45. The number of benzene rings is 2. The molecule has 5 rings (SSSR count). The molecule has 0 saturated carbocycles. The molecule has 2 aromatic carbocycles. The Labute approximate surface area is 239 Å². The summed E-state index contributed by atoms with van der Waals surface area (Å²) in [5.41, 5.74) is 2.54. The van der Waals surface area contributed by atoms with Crippen molar-refractivity contribution in [3.05, 3.63) is 90.4 Å². The molecule has 0 unspecified atom stereocenters. The summed E-state index contributed by atoms with van der Waals surface area (Å²) in [6.45, 7) is 2.75. The van der Waals surface area contributed by atoms with Gasteiger partial charge in [-0.15, -0.1) is 10.2 Å². The highest BCUT2D eigenvalue weighted by Gasteiger charge is 2.26. The van der Waals surface area contributed by atoms with Crippen molar-refractivity contribution < 1.29 is 23.5 Å². The van der Waals surface area contributed by atoms with Gasteiger partial charge in [0.25, 0.3) is 5.91 Å². The summed E-state index contributed by atoms with van der Waals surface area (Å²) < 4.78 is 16.1. The highest BCUT2D eigenvalue weighted by atomic mass is 16.5. The molecule has 0 atom stereocenters. The van der Waals surface area contributed by atoms with Crippen LogP contribution in [0.4, 0.5) is 5.82 Å². The highest BCUT2D eigenvalue weighted by molar-refractivity contribution is 5.94. The van der Waals surface area contributed by atoms with Crippen molar-refractivity contribution in [1.82, 2.24) is 20.0 Å². The number of hydrogen-bond acceptors (Lipinski definition) is 8. The van der Waals surface area contributed by atoms with Gasteiger partial charge < -0.3 is 28.6 Å². The molecule has 1 fully saturated rings. The molecule has 10 heteroatoms. The summed E-state index contributed by atoms with van der Waals surface area (Å²) in [6.07, 6.45) is 2.23. The van der Waals surface area contributed by atoms with Gasteiger partial charge in [-0.25, -0.2) is 0 Å². The van der Waals surface area contributed by atoms with Crippen LogP contribution in [0.2, 0.25) is 0 Å². The predicted molar refractivity (Wildman–Crippen MR) is 154 cm³/mol. The van der Waals surface area contributed by atoms with Crippen LogP contribution in [0.5, 0.6) is 11.5 Å². The van der Waals surface area contributed by atoms with Crippen LogP contribution in [0, 0.1) is 0 Å². The van der Waals surface area contributed by atoms with Crippen LogP contribution in [0.25, 0.3) is 11.3 Å². The maximum atomic E-state index is 13.4. The Bertz CT molecular complexity index is 1440. The van der Waals surface area contributed by atoms with E-state index in [1.807, 2.05) is 65.6 Å². The number of furan rings is 1. The van der Waals surface area contributed by atoms with Crippen molar-refractivity contribution in [2.24, 2.45) is 0 Å². The van der Waals surface area contributed by atoms with Crippen LogP contribution in [0.3, 0.4) is 0 Å². The third kappa shape index (κ3) is 6.66. The first-order chi connectivity index (χ1) is 20.1. The molecule has 2 aromatic heterocycles. The topological polar surface area (TPSA) is 101 Å². The number of rotatable bonds is 9. The van der Waals surface area contributed by atoms with E-state index in [1.165, 1.54) is 11.2 Å². The van der Waals surface area contributed by atoms with Crippen molar-refractivity contribution in [2.75, 3.05) is 51.8 Å². The number of hydrogen-bond donors (Lipinski definition) is 0. The van der Waals surface area contributed by atoms with Crippen LogP contribution >= 0.6 is 0 Å². The molecule has 0 bridgehead atoms. The van der Waals surface area contributed by atoms with E-state index in [2.05, 4.69) is 15.1 Å². The van der Waals surface area contributed by atoms with Gasteiger partial charge in [0, 0.05) is 38.3 Å². The molecule has 212 valence electrons. The Morgan fingerprint density at radius 2 is 1.71 bits per heavy atom. The number of amides is 2. The van der Waals surface area contributed by atoms with Crippen LogP contribution in [-0.2, 0) is 11.3 Å². The van der Waals surface area contributed by atoms with Gasteiger partial charge in [0.05, 0.1) is 26.2 Å². The normalized spacial score (nSPS) is 13.4. The van der Waals surface area contributed by atoms with Crippen LogP contribution in [-0.4, -0.2) is 78.8 Å². The third-order valence-electron chi connectivity index (χ3n) is 7.06. The number of methoxy groups -OCH3 is 2. The fraction of sp³-hybridized carbons (Fsp3) is 0.290. The third-order valence-corrected chi connectivity index (χ3v) is 7.06. The summed E-state index contributed by atoms with van der Waals surface area (Å²) in [7, 11) is 3.20. The Balaban J connectivity index is 1.23. The van der Waals surface area contributed by atoms with Gasteiger partial charge in [-0.05, 0) is 54.4 Å². The first-order valence-corrected chi connectivity index (χ1v) is 13.5. The number of nitrogens with zero attached hydrogens (tertiary/aromatic N) is 5. The Hall–Kier alpha value is -4.86. The lowest BCUT2D eigenvalue weighted by atomic mass is 10.1. The molecule has 0 aliphatic carbocycles. The molecule has 41 heavy (non-hydrogen) atoms. The monoisotopic (exact) mass is 555 g/mol. The van der Waals surface area contributed by atoms with Gasteiger partial charge in [-0.3, -0.25) is 9.59 Å². The van der Waals surface area contributed by atoms with Crippen molar-refractivity contribution in [1.29, 1.82) is 0 Å². The lowest BCUT2D eigenvalue weighted by molar-refractivity contribution is -0.131. The Kier molecular flexibility index (Phi) is 8.78. The first-order valence-electron chi connectivity index (χ1n) is 13.5. The number of aromatic nitrogens is 2. The number of carbonyl (C=O) groups is 2. The minimum absolute atomic E-state index is 0.0335. The van der Waals surface area contributed by atoms with E-state index in [1.54, 1.807) is 26.4 Å². The van der Waals surface area contributed by atoms with Crippen LogP contribution in [0.15, 0.2) is 83.5 Å². The molecule has 0 spiro atoms. The van der Waals surface area contributed by atoms with Crippen molar-refractivity contribution in [3.8, 4) is 22.8 Å². The minimum Gasteiger partial charge on any atom is -0.493 e. The van der Waals surface area contributed by atoms with Gasteiger partial charge in [0.1, 0.15) is 6.54 Å². The van der Waals surface area contributed by atoms with Crippen LogP contribution < -0.4 is 14.4 Å². The molecule has 1 saturated heterocycles. The van der Waals surface area contributed by atoms with E-state index in [0.717, 1.165) is 35.6 Å². The summed E-state index contributed by atoms with van der Waals surface area (Å²) >= 11 is 0. The zero-order valence-electron chi connectivity index (χ0n) is 23.2. The average molecular weight is 556 g/mol. The lowest BCUT2D eigenvalue weighted by Crippen LogP contribution is -2.44. The molecular weight excluding hydrogens is 522 g/mol. The Morgan fingerprint density at radius 1 is 0.878 bits per heavy atom. The molecule has 1 aliphatic heterocycles. The highest BCUT2D eigenvalue weighted by Crippen LogP contribution is 2.31. The van der Waals surface area contributed by atoms with E-state index >= 15 is 0 Å². The number of carbonyl (C=O) groups excluding carboxylic acids is 2. The SMILES string of the molecule is COc1ccc(-c2ccc(N3CCCN(C(=O)CN(Cc4ccccc4)C(=O)c4ccco4)CC3)nn2)cc1OC. The molecule has 0 N–H and O–H groups in total. The van der Waals surface area contributed by atoms with Gasteiger partial charge in [-0.1, -0.05) is 30.3 Å². The van der Waals surface area contributed by atoms with E-state index < -0.39 is 0 Å². The number of anilines is 1. The van der Waals surface area contributed by atoms with Gasteiger partial charge in [0.2, 0.25) is 5.91 Å². The van der Waals surface area contributed by atoms with Crippen molar-refractivity contribution in [3.63, 3.8) is 0 Å². The summed E-state index contributed by atoms with van der Waals surface area (Å²) in [5.74, 6) is 1.83. The molecule has 2 amide bonds. The van der Waals surface area contributed by atoms with E-state index in [9.17, 15) is 9.59 Å².